The summed E-state index contributed by atoms with van der Waals surface area (Å²) in [5, 5.41) is 5.69. The van der Waals surface area contributed by atoms with Gasteiger partial charge >= 0.3 is 6.03 Å². The first-order valence-electron chi connectivity index (χ1n) is 8.49. The largest absolute Gasteiger partial charge is 0.378 e. The zero-order valence-corrected chi connectivity index (χ0v) is 14.1. The maximum absolute atomic E-state index is 11.8. The third-order valence-electron chi connectivity index (χ3n) is 4.02. The van der Waals surface area contributed by atoms with E-state index in [-0.39, 0.29) is 6.03 Å². The topological polar surface area (TPSA) is 79.4 Å². The molecule has 7 heteroatoms. The van der Waals surface area contributed by atoms with Crippen molar-refractivity contribution in [2.45, 2.75) is 13.0 Å². The molecular formula is C18H23N5O2. The second kappa shape index (κ2) is 8.98. The van der Waals surface area contributed by atoms with Crippen LogP contribution in [0.4, 0.5) is 10.6 Å². The number of carbonyl (C=O) groups is 1. The van der Waals surface area contributed by atoms with Crippen LogP contribution in [-0.4, -0.2) is 48.8 Å². The molecule has 1 aliphatic rings. The lowest BCUT2D eigenvalue weighted by Crippen LogP contribution is -2.37. The first-order valence-corrected chi connectivity index (χ1v) is 8.49. The molecule has 2 amide bonds. The summed E-state index contributed by atoms with van der Waals surface area (Å²) in [6.45, 7) is 4.24. The van der Waals surface area contributed by atoms with Gasteiger partial charge in [0.05, 0.1) is 13.2 Å². The van der Waals surface area contributed by atoms with Crippen molar-refractivity contribution in [2.24, 2.45) is 0 Å². The van der Waals surface area contributed by atoms with E-state index in [1.54, 1.807) is 18.6 Å². The molecule has 0 unspecified atom stereocenters. The summed E-state index contributed by atoms with van der Waals surface area (Å²) >= 11 is 0. The highest BCUT2D eigenvalue weighted by Gasteiger charge is 2.12. The lowest BCUT2D eigenvalue weighted by molar-refractivity contribution is 0.122. The molecule has 0 saturated carbocycles. The van der Waals surface area contributed by atoms with Gasteiger partial charge in [0.1, 0.15) is 5.82 Å². The smallest absolute Gasteiger partial charge is 0.315 e. The van der Waals surface area contributed by atoms with Crippen molar-refractivity contribution >= 4 is 11.8 Å². The molecule has 0 atom stereocenters. The van der Waals surface area contributed by atoms with Crippen LogP contribution < -0.4 is 15.5 Å². The molecule has 2 aromatic rings. The predicted octanol–water partition coefficient (Wildman–Crippen LogP) is 1.36. The van der Waals surface area contributed by atoms with Gasteiger partial charge in [0.25, 0.3) is 0 Å². The monoisotopic (exact) mass is 341 g/mol. The standard InChI is InChI=1S/C18H23N5O2/c24-18(20-7-5-15-2-1-6-19-12-15)22-14-16-3-4-17(21-13-16)23-8-10-25-11-9-23/h1-4,6,12-13H,5,7-11,14H2,(H2,20,22,24). The fraction of sp³-hybridized carbons (Fsp3) is 0.389. The molecule has 25 heavy (non-hydrogen) atoms. The highest BCUT2D eigenvalue weighted by Crippen LogP contribution is 2.12. The lowest BCUT2D eigenvalue weighted by Gasteiger charge is -2.27. The number of aromatic nitrogens is 2. The van der Waals surface area contributed by atoms with E-state index < -0.39 is 0 Å². The van der Waals surface area contributed by atoms with Crippen LogP contribution in [0.2, 0.25) is 0 Å². The molecule has 1 saturated heterocycles. The summed E-state index contributed by atoms with van der Waals surface area (Å²) in [6, 6.07) is 7.69. The number of morpholine rings is 1. The highest BCUT2D eigenvalue weighted by atomic mass is 16.5. The zero-order chi connectivity index (χ0) is 17.3. The molecule has 0 radical (unpaired) electrons. The van der Waals surface area contributed by atoms with Gasteiger partial charge in [-0.25, -0.2) is 9.78 Å². The van der Waals surface area contributed by atoms with Crippen LogP contribution in [0.1, 0.15) is 11.1 Å². The summed E-state index contributed by atoms with van der Waals surface area (Å²) in [4.78, 5) is 22.6. The van der Waals surface area contributed by atoms with Crippen LogP contribution in [0.5, 0.6) is 0 Å². The van der Waals surface area contributed by atoms with E-state index in [2.05, 4.69) is 25.5 Å². The molecule has 2 aromatic heterocycles. The molecule has 7 nitrogen and oxygen atoms in total. The molecule has 0 aliphatic carbocycles. The Morgan fingerprint density at radius 2 is 2.00 bits per heavy atom. The Morgan fingerprint density at radius 1 is 1.12 bits per heavy atom. The number of rotatable bonds is 6. The number of amides is 2. The van der Waals surface area contributed by atoms with Gasteiger partial charge in [-0.05, 0) is 29.7 Å². The number of urea groups is 1. The van der Waals surface area contributed by atoms with E-state index in [1.807, 2.05) is 24.3 Å². The van der Waals surface area contributed by atoms with E-state index in [9.17, 15) is 4.79 Å². The van der Waals surface area contributed by atoms with Gasteiger partial charge in [-0.3, -0.25) is 4.98 Å². The highest BCUT2D eigenvalue weighted by molar-refractivity contribution is 5.73. The van der Waals surface area contributed by atoms with Gasteiger partial charge in [-0.15, -0.1) is 0 Å². The number of hydrogen-bond acceptors (Lipinski definition) is 5. The molecular weight excluding hydrogens is 318 g/mol. The number of ether oxygens (including phenoxy) is 1. The minimum atomic E-state index is -0.179. The lowest BCUT2D eigenvalue weighted by atomic mass is 10.2. The normalized spacial score (nSPS) is 14.2. The molecule has 2 N–H and O–H groups in total. The quantitative estimate of drug-likeness (QED) is 0.829. The zero-order valence-electron chi connectivity index (χ0n) is 14.1. The van der Waals surface area contributed by atoms with Gasteiger partial charge in [0.2, 0.25) is 0 Å². The number of pyridine rings is 2. The average molecular weight is 341 g/mol. The van der Waals surface area contributed by atoms with Gasteiger partial charge in [0.15, 0.2) is 0 Å². The number of hydrogen-bond donors (Lipinski definition) is 2. The number of nitrogens with one attached hydrogen (secondary N) is 2. The maximum Gasteiger partial charge on any atom is 0.315 e. The summed E-state index contributed by atoms with van der Waals surface area (Å²) in [5.41, 5.74) is 2.07. The molecule has 132 valence electrons. The molecule has 0 spiro atoms. The third kappa shape index (κ3) is 5.42. The SMILES string of the molecule is O=C(NCCc1cccnc1)NCc1ccc(N2CCOCC2)nc1. The molecule has 3 rings (SSSR count). The fourth-order valence-electron chi connectivity index (χ4n) is 2.61. The van der Waals surface area contributed by atoms with Gasteiger partial charge in [-0.1, -0.05) is 12.1 Å². The number of anilines is 1. The van der Waals surface area contributed by atoms with Crippen molar-refractivity contribution < 1.29 is 9.53 Å². The van der Waals surface area contributed by atoms with E-state index in [0.717, 1.165) is 49.7 Å². The Balaban J connectivity index is 1.38. The van der Waals surface area contributed by atoms with Crippen LogP contribution in [0.15, 0.2) is 42.9 Å². The minimum absolute atomic E-state index is 0.179. The van der Waals surface area contributed by atoms with Crippen LogP contribution in [0.3, 0.4) is 0 Å². The van der Waals surface area contributed by atoms with Crippen molar-refractivity contribution in [1.29, 1.82) is 0 Å². The minimum Gasteiger partial charge on any atom is -0.378 e. The first-order chi connectivity index (χ1) is 12.3. The van der Waals surface area contributed by atoms with Crippen LogP contribution >= 0.6 is 0 Å². The van der Waals surface area contributed by atoms with Gasteiger partial charge < -0.3 is 20.3 Å². The third-order valence-corrected chi connectivity index (χ3v) is 4.02. The van der Waals surface area contributed by atoms with Crippen molar-refractivity contribution in [3.8, 4) is 0 Å². The number of carbonyl (C=O) groups excluding carboxylic acids is 1. The molecule has 1 fully saturated rings. The second-order valence-electron chi connectivity index (χ2n) is 5.84. The summed E-state index contributed by atoms with van der Waals surface area (Å²) < 4.78 is 5.34. The summed E-state index contributed by atoms with van der Waals surface area (Å²) in [5.74, 6) is 0.952. The van der Waals surface area contributed by atoms with E-state index >= 15 is 0 Å². The summed E-state index contributed by atoms with van der Waals surface area (Å²) in [6.07, 6.45) is 6.11. The Morgan fingerprint density at radius 3 is 2.72 bits per heavy atom. The predicted molar refractivity (Wildman–Crippen MR) is 95.4 cm³/mol. The van der Waals surface area contributed by atoms with Gasteiger partial charge in [0, 0.05) is 44.8 Å². The van der Waals surface area contributed by atoms with Gasteiger partial charge in [-0.2, -0.15) is 0 Å². The molecule has 0 aromatic carbocycles. The van der Waals surface area contributed by atoms with Crippen LogP contribution in [-0.2, 0) is 17.7 Å². The fourth-order valence-corrected chi connectivity index (χ4v) is 2.61. The second-order valence-corrected chi connectivity index (χ2v) is 5.84. The molecule has 0 bridgehead atoms. The van der Waals surface area contributed by atoms with E-state index in [1.165, 1.54) is 0 Å². The van der Waals surface area contributed by atoms with E-state index in [0.29, 0.717) is 13.1 Å². The van der Waals surface area contributed by atoms with Crippen LogP contribution in [0.25, 0.3) is 0 Å². The Labute approximate surface area is 147 Å². The average Bonchev–Trinajstić information content (AvgIpc) is 2.68. The Kier molecular flexibility index (Phi) is 6.17. The summed E-state index contributed by atoms with van der Waals surface area (Å²) in [7, 11) is 0. The molecule has 3 heterocycles. The molecule has 1 aliphatic heterocycles. The number of nitrogens with zero attached hydrogens (tertiary/aromatic N) is 3. The first kappa shape index (κ1) is 17.2. The van der Waals surface area contributed by atoms with Crippen molar-refractivity contribution in [3.63, 3.8) is 0 Å². The van der Waals surface area contributed by atoms with Crippen molar-refractivity contribution in [3.05, 3.63) is 54.0 Å². The van der Waals surface area contributed by atoms with Crippen molar-refractivity contribution in [1.82, 2.24) is 20.6 Å². The Bertz CT molecular complexity index is 657. The Hall–Kier alpha value is -2.67. The maximum atomic E-state index is 11.8. The van der Waals surface area contributed by atoms with E-state index in [4.69, 9.17) is 4.74 Å². The van der Waals surface area contributed by atoms with Crippen LogP contribution in [0, 0.1) is 0 Å². The van der Waals surface area contributed by atoms with Crippen molar-refractivity contribution in [2.75, 3.05) is 37.7 Å².